The molecule has 0 spiro atoms. The quantitative estimate of drug-likeness (QED) is 0.0262. The summed E-state index contributed by atoms with van der Waals surface area (Å²) >= 11 is 0. The fraction of sp³-hybridized carbons (Fsp3) is 0.780. The molecule has 0 heterocycles. The Hall–Kier alpha value is -2.89. The molecule has 6 heteroatoms. The van der Waals surface area contributed by atoms with Crippen molar-refractivity contribution in [2.24, 2.45) is 0 Å². The zero-order valence-corrected chi connectivity index (χ0v) is 43.0. The highest BCUT2D eigenvalue weighted by molar-refractivity contribution is 5.71. The normalized spacial score (nSPS) is 12.5. The second-order valence-corrected chi connectivity index (χ2v) is 18.5. The van der Waals surface area contributed by atoms with Gasteiger partial charge < -0.3 is 14.2 Å². The third-order valence-corrected chi connectivity index (χ3v) is 12.0. The molecule has 0 aliphatic heterocycles. The van der Waals surface area contributed by atoms with E-state index in [0.717, 1.165) is 96.3 Å². The first-order valence-corrected chi connectivity index (χ1v) is 27.8. The van der Waals surface area contributed by atoms with Gasteiger partial charge >= 0.3 is 17.9 Å². The number of rotatable bonds is 50. The summed E-state index contributed by atoms with van der Waals surface area (Å²) in [6, 6.07) is 0. The summed E-state index contributed by atoms with van der Waals surface area (Å²) in [4.78, 5) is 38.0. The molecule has 0 saturated heterocycles. The molecule has 0 saturated carbocycles. The molecule has 0 radical (unpaired) electrons. The first-order chi connectivity index (χ1) is 32.0. The van der Waals surface area contributed by atoms with Gasteiger partial charge in [0.25, 0.3) is 0 Å². The molecule has 0 aromatic rings. The molecular weight excluding hydrogens is 805 g/mol. The summed E-state index contributed by atoms with van der Waals surface area (Å²) in [6.45, 7) is 6.53. The Labute approximate surface area is 402 Å². The fourth-order valence-electron chi connectivity index (χ4n) is 7.88. The van der Waals surface area contributed by atoms with E-state index < -0.39 is 6.10 Å². The van der Waals surface area contributed by atoms with Gasteiger partial charge in [0.15, 0.2) is 6.10 Å². The van der Waals surface area contributed by atoms with Crippen molar-refractivity contribution in [2.45, 2.75) is 284 Å². The standard InChI is InChI=1S/C59H104O6/c1-4-7-10-13-16-19-22-25-26-27-28-29-30-31-32-33-34-35-38-40-43-46-49-52-58(61)64-55-56(65-59(62)53-50-47-44-41-37-24-21-18-15-12-9-6-3)54-63-57(60)51-48-45-42-39-36-23-20-17-14-11-8-5-2/h7,10,16,19,25-26,28-29,31-32,56H,4-6,8-9,11-15,17-18,20-24,27,30,33-55H2,1-3H3/b10-7-,19-16-,26-25-,29-28-,32-31-. The SMILES string of the molecule is CC/C=C\C/C=C\C/C=C\C/C=C\C/C=C\CCCCCCCCCC(=O)OCC(COC(=O)CCCCCCCCCCCCCC)OC(=O)CCCCCCCCCCCCCC. The first-order valence-electron chi connectivity index (χ1n) is 27.8. The third-order valence-electron chi connectivity index (χ3n) is 12.0. The second kappa shape index (κ2) is 53.7. The van der Waals surface area contributed by atoms with Crippen LogP contribution in [-0.2, 0) is 28.6 Å². The van der Waals surface area contributed by atoms with Gasteiger partial charge in [0.2, 0.25) is 0 Å². The Morgan fingerprint density at radius 1 is 0.323 bits per heavy atom. The fourth-order valence-corrected chi connectivity index (χ4v) is 7.88. The van der Waals surface area contributed by atoms with E-state index in [0.29, 0.717) is 19.3 Å². The number of carbonyl (C=O) groups excluding carboxylic acids is 3. The van der Waals surface area contributed by atoms with E-state index in [-0.39, 0.29) is 31.1 Å². The Morgan fingerprint density at radius 2 is 0.600 bits per heavy atom. The molecule has 0 fully saturated rings. The molecule has 376 valence electrons. The van der Waals surface area contributed by atoms with Crippen molar-refractivity contribution in [1.29, 1.82) is 0 Å². The van der Waals surface area contributed by atoms with Crippen molar-refractivity contribution in [2.75, 3.05) is 13.2 Å². The van der Waals surface area contributed by atoms with Gasteiger partial charge in [-0.3, -0.25) is 14.4 Å². The molecule has 0 aliphatic rings. The largest absolute Gasteiger partial charge is 0.462 e. The molecule has 0 aromatic carbocycles. The van der Waals surface area contributed by atoms with Crippen LogP contribution in [0, 0.1) is 0 Å². The van der Waals surface area contributed by atoms with Gasteiger partial charge in [-0.2, -0.15) is 0 Å². The van der Waals surface area contributed by atoms with Gasteiger partial charge in [0.05, 0.1) is 0 Å². The van der Waals surface area contributed by atoms with E-state index >= 15 is 0 Å². The molecule has 1 atom stereocenters. The minimum Gasteiger partial charge on any atom is -0.462 e. The van der Waals surface area contributed by atoms with E-state index in [2.05, 4.69) is 81.5 Å². The number of carbonyl (C=O) groups is 3. The van der Waals surface area contributed by atoms with Crippen molar-refractivity contribution < 1.29 is 28.6 Å². The topological polar surface area (TPSA) is 78.9 Å². The van der Waals surface area contributed by atoms with Crippen LogP contribution in [0.5, 0.6) is 0 Å². The highest BCUT2D eigenvalue weighted by atomic mass is 16.6. The van der Waals surface area contributed by atoms with Crippen LogP contribution in [0.25, 0.3) is 0 Å². The van der Waals surface area contributed by atoms with Crippen molar-refractivity contribution >= 4 is 17.9 Å². The predicted molar refractivity (Wildman–Crippen MR) is 279 cm³/mol. The van der Waals surface area contributed by atoms with Gasteiger partial charge in [-0.25, -0.2) is 0 Å². The highest BCUT2D eigenvalue weighted by Crippen LogP contribution is 2.16. The molecule has 0 N–H and O–H groups in total. The lowest BCUT2D eigenvalue weighted by Gasteiger charge is -2.18. The summed E-state index contributed by atoms with van der Waals surface area (Å²) in [5.74, 6) is -0.875. The Kier molecular flexibility index (Phi) is 51.3. The maximum atomic E-state index is 12.8. The van der Waals surface area contributed by atoms with Gasteiger partial charge in [-0.15, -0.1) is 0 Å². The Bertz CT molecular complexity index is 1180. The number of ether oxygens (including phenoxy) is 3. The van der Waals surface area contributed by atoms with Crippen LogP contribution < -0.4 is 0 Å². The molecule has 0 aromatic heterocycles. The van der Waals surface area contributed by atoms with Crippen LogP contribution in [0.2, 0.25) is 0 Å². The maximum absolute atomic E-state index is 12.8. The molecule has 0 amide bonds. The van der Waals surface area contributed by atoms with Crippen LogP contribution in [0.4, 0.5) is 0 Å². The van der Waals surface area contributed by atoms with Crippen molar-refractivity contribution in [3.63, 3.8) is 0 Å². The van der Waals surface area contributed by atoms with E-state index in [4.69, 9.17) is 14.2 Å². The highest BCUT2D eigenvalue weighted by Gasteiger charge is 2.19. The summed E-state index contributed by atoms with van der Waals surface area (Å²) in [5.41, 5.74) is 0. The number of unbranched alkanes of at least 4 members (excludes halogenated alkanes) is 29. The average molecular weight is 909 g/mol. The molecule has 0 bridgehead atoms. The molecule has 0 aliphatic carbocycles. The van der Waals surface area contributed by atoms with E-state index in [1.807, 2.05) is 0 Å². The minimum absolute atomic E-state index is 0.0738. The minimum atomic E-state index is -0.774. The second-order valence-electron chi connectivity index (χ2n) is 18.5. The lowest BCUT2D eigenvalue weighted by atomic mass is 10.0. The van der Waals surface area contributed by atoms with Crippen LogP contribution in [0.3, 0.4) is 0 Å². The summed E-state index contributed by atoms with van der Waals surface area (Å²) < 4.78 is 16.8. The van der Waals surface area contributed by atoms with Gasteiger partial charge in [0.1, 0.15) is 13.2 Å². The number of allylic oxidation sites excluding steroid dienone is 10. The summed E-state index contributed by atoms with van der Waals surface area (Å²) in [5, 5.41) is 0. The average Bonchev–Trinajstić information content (AvgIpc) is 3.30. The van der Waals surface area contributed by atoms with Gasteiger partial charge in [-0.1, -0.05) is 255 Å². The third kappa shape index (κ3) is 51.9. The Balaban J connectivity index is 4.30. The monoisotopic (exact) mass is 909 g/mol. The van der Waals surface area contributed by atoms with Crippen molar-refractivity contribution in [1.82, 2.24) is 0 Å². The van der Waals surface area contributed by atoms with Crippen molar-refractivity contribution in [3.8, 4) is 0 Å². The smallest absolute Gasteiger partial charge is 0.306 e. The first kappa shape index (κ1) is 62.1. The molecule has 1 unspecified atom stereocenters. The lowest BCUT2D eigenvalue weighted by molar-refractivity contribution is -0.167. The van der Waals surface area contributed by atoms with Crippen molar-refractivity contribution in [3.05, 3.63) is 60.8 Å². The van der Waals surface area contributed by atoms with E-state index in [1.165, 1.54) is 141 Å². The lowest BCUT2D eigenvalue weighted by Crippen LogP contribution is -2.30. The van der Waals surface area contributed by atoms with Gasteiger partial charge in [-0.05, 0) is 64.2 Å². The molecule has 65 heavy (non-hydrogen) atoms. The number of hydrogen-bond donors (Lipinski definition) is 0. The number of hydrogen-bond acceptors (Lipinski definition) is 6. The molecular formula is C59H104O6. The predicted octanol–water partition coefficient (Wildman–Crippen LogP) is 18.4. The van der Waals surface area contributed by atoms with Crippen LogP contribution in [-0.4, -0.2) is 37.2 Å². The Morgan fingerprint density at radius 3 is 0.938 bits per heavy atom. The molecule has 6 nitrogen and oxygen atoms in total. The van der Waals surface area contributed by atoms with E-state index in [1.54, 1.807) is 0 Å². The summed E-state index contributed by atoms with van der Waals surface area (Å²) in [6.07, 6.45) is 66.3. The number of esters is 3. The van der Waals surface area contributed by atoms with Crippen LogP contribution >= 0.6 is 0 Å². The van der Waals surface area contributed by atoms with Crippen LogP contribution in [0.1, 0.15) is 278 Å². The van der Waals surface area contributed by atoms with E-state index in [9.17, 15) is 14.4 Å². The molecule has 0 rings (SSSR count). The maximum Gasteiger partial charge on any atom is 0.306 e. The summed E-state index contributed by atoms with van der Waals surface area (Å²) in [7, 11) is 0. The zero-order chi connectivity index (χ0) is 47.2. The van der Waals surface area contributed by atoms with Gasteiger partial charge in [0, 0.05) is 19.3 Å². The van der Waals surface area contributed by atoms with Crippen LogP contribution in [0.15, 0.2) is 60.8 Å². The zero-order valence-electron chi connectivity index (χ0n) is 43.0.